The highest BCUT2D eigenvalue weighted by atomic mass is 32.2. The van der Waals surface area contributed by atoms with Crippen LogP contribution in [0.15, 0.2) is 16.9 Å². The SMILES string of the molecule is Cc1ccc(C(=O)N[C@H]2CCCN(S(C)(=O)=O)C2)c(=O)n1C. The summed E-state index contributed by atoms with van der Waals surface area (Å²) in [6, 6.07) is 2.94. The minimum absolute atomic E-state index is 0.0737. The second-order valence-electron chi connectivity index (χ2n) is 5.69. The van der Waals surface area contributed by atoms with Gasteiger partial charge in [-0.15, -0.1) is 0 Å². The highest BCUT2D eigenvalue weighted by molar-refractivity contribution is 7.88. The molecule has 1 atom stereocenters. The second-order valence-corrected chi connectivity index (χ2v) is 7.67. The Morgan fingerprint density at radius 3 is 2.68 bits per heavy atom. The lowest BCUT2D eigenvalue weighted by atomic mass is 10.1. The average Bonchev–Trinajstić information content (AvgIpc) is 2.44. The fraction of sp³-hybridized carbons (Fsp3) is 0.571. The van der Waals surface area contributed by atoms with Crippen molar-refractivity contribution < 1.29 is 13.2 Å². The van der Waals surface area contributed by atoms with Crippen molar-refractivity contribution in [3.63, 3.8) is 0 Å². The summed E-state index contributed by atoms with van der Waals surface area (Å²) in [7, 11) is -1.65. The summed E-state index contributed by atoms with van der Waals surface area (Å²) in [5.41, 5.74) is 0.486. The Morgan fingerprint density at radius 2 is 2.05 bits per heavy atom. The highest BCUT2D eigenvalue weighted by Crippen LogP contribution is 2.13. The zero-order chi connectivity index (χ0) is 16.5. The molecular weight excluding hydrogens is 306 g/mol. The van der Waals surface area contributed by atoms with E-state index < -0.39 is 15.9 Å². The maximum atomic E-state index is 12.3. The molecule has 1 amide bonds. The first-order valence-corrected chi connectivity index (χ1v) is 8.97. The summed E-state index contributed by atoms with van der Waals surface area (Å²) in [5, 5.41) is 2.77. The number of hydrogen-bond acceptors (Lipinski definition) is 4. The zero-order valence-electron chi connectivity index (χ0n) is 13.0. The van der Waals surface area contributed by atoms with Gasteiger partial charge in [-0.2, -0.15) is 0 Å². The van der Waals surface area contributed by atoms with Crippen molar-refractivity contribution in [1.82, 2.24) is 14.2 Å². The van der Waals surface area contributed by atoms with Gasteiger partial charge < -0.3 is 9.88 Å². The van der Waals surface area contributed by atoms with E-state index in [-0.39, 0.29) is 23.7 Å². The zero-order valence-corrected chi connectivity index (χ0v) is 13.8. The molecule has 0 aliphatic carbocycles. The Labute approximate surface area is 130 Å². The Hall–Kier alpha value is -1.67. The molecule has 2 rings (SSSR count). The number of amides is 1. The van der Waals surface area contributed by atoms with Crippen LogP contribution in [0.1, 0.15) is 28.9 Å². The van der Waals surface area contributed by atoms with Crippen LogP contribution in [0.2, 0.25) is 0 Å². The number of carbonyl (C=O) groups is 1. The first-order chi connectivity index (χ1) is 10.2. The summed E-state index contributed by atoms with van der Waals surface area (Å²) in [4.78, 5) is 24.4. The number of pyridine rings is 1. The van der Waals surface area contributed by atoms with Crippen molar-refractivity contribution in [3.05, 3.63) is 33.7 Å². The molecule has 2 heterocycles. The fourth-order valence-corrected chi connectivity index (χ4v) is 3.44. The number of nitrogens with zero attached hydrogens (tertiary/aromatic N) is 2. The van der Waals surface area contributed by atoms with Gasteiger partial charge in [-0.25, -0.2) is 12.7 Å². The van der Waals surface area contributed by atoms with Gasteiger partial charge in [0.1, 0.15) is 5.56 Å². The topological polar surface area (TPSA) is 88.5 Å². The third-order valence-corrected chi connectivity index (χ3v) is 5.26. The number of rotatable bonds is 3. The lowest BCUT2D eigenvalue weighted by molar-refractivity contribution is 0.0919. The average molecular weight is 327 g/mol. The van der Waals surface area contributed by atoms with Gasteiger partial charge in [0.25, 0.3) is 11.5 Å². The molecule has 1 aliphatic heterocycles. The van der Waals surface area contributed by atoms with Crippen LogP contribution in [0.5, 0.6) is 0 Å². The second kappa shape index (κ2) is 6.21. The van der Waals surface area contributed by atoms with E-state index >= 15 is 0 Å². The molecule has 1 fully saturated rings. The third-order valence-electron chi connectivity index (χ3n) is 3.99. The van der Waals surface area contributed by atoms with E-state index in [2.05, 4.69) is 5.32 Å². The predicted octanol–water partition coefficient (Wildman–Crippen LogP) is -0.152. The molecule has 0 bridgehead atoms. The van der Waals surface area contributed by atoms with Gasteiger partial charge in [-0.3, -0.25) is 9.59 Å². The Bertz CT molecular complexity index is 739. The van der Waals surface area contributed by atoms with Crippen LogP contribution in [-0.4, -0.2) is 48.6 Å². The number of aromatic nitrogens is 1. The molecular formula is C14H21N3O4S. The lowest BCUT2D eigenvalue weighted by Gasteiger charge is -2.31. The van der Waals surface area contributed by atoms with E-state index in [0.717, 1.165) is 11.9 Å². The largest absolute Gasteiger partial charge is 0.348 e. The lowest BCUT2D eigenvalue weighted by Crippen LogP contribution is -2.50. The molecule has 0 spiro atoms. The molecule has 8 heteroatoms. The van der Waals surface area contributed by atoms with E-state index in [1.807, 2.05) is 0 Å². The van der Waals surface area contributed by atoms with Gasteiger partial charge >= 0.3 is 0 Å². The molecule has 22 heavy (non-hydrogen) atoms. The molecule has 1 aromatic rings. The minimum atomic E-state index is -3.26. The molecule has 122 valence electrons. The van der Waals surface area contributed by atoms with E-state index in [1.165, 1.54) is 14.9 Å². The van der Waals surface area contributed by atoms with Gasteiger partial charge in [-0.05, 0) is 31.9 Å². The van der Waals surface area contributed by atoms with Crippen molar-refractivity contribution in [2.45, 2.75) is 25.8 Å². The summed E-state index contributed by atoms with van der Waals surface area (Å²) in [6.07, 6.45) is 2.54. The Balaban J connectivity index is 2.13. The van der Waals surface area contributed by atoms with E-state index in [4.69, 9.17) is 0 Å². The molecule has 1 N–H and O–H groups in total. The van der Waals surface area contributed by atoms with Crippen LogP contribution in [0.4, 0.5) is 0 Å². The standard InChI is InChI=1S/C14H21N3O4S/c1-10-6-7-12(14(19)16(10)2)13(18)15-11-5-4-8-17(9-11)22(3,20)21/h6-7,11H,4-5,8-9H2,1-3H3,(H,15,18)/t11-/m0/s1. The van der Waals surface area contributed by atoms with Gasteiger partial charge in [0.15, 0.2) is 0 Å². The molecule has 1 aromatic heterocycles. The number of aryl methyl sites for hydroxylation is 1. The maximum absolute atomic E-state index is 12.3. The molecule has 1 aliphatic rings. The summed E-state index contributed by atoms with van der Waals surface area (Å²) in [5.74, 6) is -0.457. The van der Waals surface area contributed by atoms with Crippen LogP contribution in [0, 0.1) is 6.92 Å². The molecule has 0 aromatic carbocycles. The monoisotopic (exact) mass is 327 g/mol. The predicted molar refractivity (Wildman–Crippen MR) is 83.3 cm³/mol. The highest BCUT2D eigenvalue weighted by Gasteiger charge is 2.27. The van der Waals surface area contributed by atoms with Crippen LogP contribution in [-0.2, 0) is 17.1 Å². The maximum Gasteiger partial charge on any atom is 0.263 e. The number of piperidine rings is 1. The van der Waals surface area contributed by atoms with Crippen LogP contribution in [0.3, 0.4) is 0 Å². The normalized spacial score (nSPS) is 19.9. The molecule has 1 saturated heterocycles. The Kier molecular flexibility index (Phi) is 4.72. The number of nitrogens with one attached hydrogen (secondary N) is 1. The van der Waals surface area contributed by atoms with Gasteiger partial charge in [-0.1, -0.05) is 0 Å². The Morgan fingerprint density at radius 1 is 1.36 bits per heavy atom. The van der Waals surface area contributed by atoms with Crippen molar-refractivity contribution >= 4 is 15.9 Å². The van der Waals surface area contributed by atoms with Crippen LogP contribution < -0.4 is 10.9 Å². The van der Waals surface area contributed by atoms with Crippen LogP contribution >= 0.6 is 0 Å². The minimum Gasteiger partial charge on any atom is -0.348 e. The van der Waals surface area contributed by atoms with Gasteiger partial charge in [0.05, 0.1) is 6.26 Å². The molecule has 7 nitrogen and oxygen atoms in total. The number of hydrogen-bond donors (Lipinski definition) is 1. The first-order valence-electron chi connectivity index (χ1n) is 7.13. The van der Waals surface area contributed by atoms with Gasteiger partial charge in [0, 0.05) is 31.9 Å². The smallest absolute Gasteiger partial charge is 0.263 e. The van der Waals surface area contributed by atoms with Crippen molar-refractivity contribution in [2.75, 3.05) is 19.3 Å². The summed E-state index contributed by atoms with van der Waals surface area (Å²) >= 11 is 0. The molecule has 0 unspecified atom stereocenters. The van der Waals surface area contributed by atoms with Crippen molar-refractivity contribution in [3.8, 4) is 0 Å². The van der Waals surface area contributed by atoms with Gasteiger partial charge in [0.2, 0.25) is 10.0 Å². The van der Waals surface area contributed by atoms with E-state index in [1.54, 1.807) is 20.0 Å². The molecule has 0 radical (unpaired) electrons. The third kappa shape index (κ3) is 3.56. The van der Waals surface area contributed by atoms with E-state index in [9.17, 15) is 18.0 Å². The summed E-state index contributed by atoms with van der Waals surface area (Å²) in [6.45, 7) is 2.50. The quantitative estimate of drug-likeness (QED) is 0.836. The van der Waals surface area contributed by atoms with Crippen LogP contribution in [0.25, 0.3) is 0 Å². The summed E-state index contributed by atoms with van der Waals surface area (Å²) < 4.78 is 25.9. The van der Waals surface area contributed by atoms with Crippen molar-refractivity contribution in [1.29, 1.82) is 0 Å². The molecule has 0 saturated carbocycles. The number of carbonyl (C=O) groups excluding carboxylic acids is 1. The fourth-order valence-electron chi connectivity index (χ4n) is 2.53. The first kappa shape index (κ1) is 16.7. The van der Waals surface area contributed by atoms with E-state index in [0.29, 0.717) is 19.4 Å². The van der Waals surface area contributed by atoms with Crippen molar-refractivity contribution in [2.24, 2.45) is 7.05 Å². The number of sulfonamides is 1.